The highest BCUT2D eigenvalue weighted by atomic mass is 19.1. The van der Waals surface area contributed by atoms with Gasteiger partial charge < -0.3 is 19.9 Å². The van der Waals surface area contributed by atoms with Gasteiger partial charge in [0, 0.05) is 58.3 Å². The SMILES string of the molecule is COCCCNC(=O)/C(C#N)=C\N1CCN(c2ccc(F)cc2)CC1. The highest BCUT2D eigenvalue weighted by Crippen LogP contribution is 2.17. The van der Waals surface area contributed by atoms with Crippen molar-refractivity contribution in [2.45, 2.75) is 6.42 Å². The fourth-order valence-electron chi connectivity index (χ4n) is 2.60. The number of hydrogen-bond donors (Lipinski definition) is 1. The van der Waals surface area contributed by atoms with Crippen molar-refractivity contribution >= 4 is 11.6 Å². The van der Waals surface area contributed by atoms with Crippen LogP contribution in [0.3, 0.4) is 0 Å². The van der Waals surface area contributed by atoms with Gasteiger partial charge in [-0.25, -0.2) is 4.39 Å². The maximum atomic E-state index is 13.0. The van der Waals surface area contributed by atoms with E-state index in [1.54, 1.807) is 25.4 Å². The molecular weight excluding hydrogens is 323 g/mol. The molecular formula is C18H23FN4O2. The van der Waals surface area contributed by atoms with Crippen LogP contribution in [0.15, 0.2) is 36.0 Å². The second kappa shape index (κ2) is 9.64. The molecule has 1 amide bonds. The Bertz CT molecular complexity index is 631. The van der Waals surface area contributed by atoms with Gasteiger partial charge in [0.15, 0.2) is 0 Å². The number of ether oxygens (including phenoxy) is 1. The third-order valence-electron chi connectivity index (χ3n) is 3.99. The van der Waals surface area contributed by atoms with Gasteiger partial charge in [0.1, 0.15) is 17.5 Å². The highest BCUT2D eigenvalue weighted by molar-refractivity contribution is 5.97. The number of nitrogens with zero attached hydrogens (tertiary/aromatic N) is 3. The smallest absolute Gasteiger partial charge is 0.263 e. The van der Waals surface area contributed by atoms with Crippen LogP contribution in [0.1, 0.15) is 6.42 Å². The first-order valence-electron chi connectivity index (χ1n) is 8.27. The van der Waals surface area contributed by atoms with E-state index >= 15 is 0 Å². The van der Waals surface area contributed by atoms with Crippen molar-refractivity contribution in [3.05, 3.63) is 41.9 Å². The maximum Gasteiger partial charge on any atom is 0.263 e. The standard InChI is InChI=1S/C18H23FN4O2/c1-25-12-2-7-21-18(24)15(13-20)14-22-8-10-23(11-9-22)17-5-3-16(19)4-6-17/h3-6,14H,2,7-12H2,1H3,(H,21,24)/b15-14-. The van der Waals surface area contributed by atoms with E-state index in [1.165, 1.54) is 12.1 Å². The van der Waals surface area contributed by atoms with E-state index in [2.05, 4.69) is 10.2 Å². The highest BCUT2D eigenvalue weighted by Gasteiger charge is 2.17. The molecule has 0 atom stereocenters. The van der Waals surface area contributed by atoms with Crippen LogP contribution in [-0.4, -0.2) is 57.2 Å². The van der Waals surface area contributed by atoms with Gasteiger partial charge in [-0.1, -0.05) is 0 Å². The minimum atomic E-state index is -0.362. The van der Waals surface area contributed by atoms with Gasteiger partial charge >= 0.3 is 0 Å². The molecule has 0 aromatic heterocycles. The number of benzene rings is 1. The molecule has 0 bridgehead atoms. The fraction of sp³-hybridized carbons (Fsp3) is 0.444. The predicted octanol–water partition coefficient (Wildman–Crippen LogP) is 1.51. The Balaban J connectivity index is 1.85. The van der Waals surface area contributed by atoms with Crippen molar-refractivity contribution in [2.24, 2.45) is 0 Å². The van der Waals surface area contributed by atoms with E-state index in [0.29, 0.717) is 32.7 Å². The second-order valence-corrected chi connectivity index (χ2v) is 5.76. The van der Waals surface area contributed by atoms with Crippen LogP contribution in [0.5, 0.6) is 0 Å². The Hall–Kier alpha value is -2.59. The number of anilines is 1. The van der Waals surface area contributed by atoms with E-state index in [0.717, 1.165) is 18.8 Å². The first-order chi connectivity index (χ1) is 12.1. The first kappa shape index (κ1) is 18.7. The van der Waals surface area contributed by atoms with Crippen molar-refractivity contribution < 1.29 is 13.9 Å². The Morgan fingerprint density at radius 1 is 1.32 bits per heavy atom. The largest absolute Gasteiger partial charge is 0.385 e. The number of amides is 1. The molecule has 25 heavy (non-hydrogen) atoms. The lowest BCUT2D eigenvalue weighted by Gasteiger charge is -2.35. The van der Waals surface area contributed by atoms with E-state index in [-0.39, 0.29) is 17.3 Å². The number of rotatable bonds is 7. The minimum Gasteiger partial charge on any atom is -0.385 e. The molecule has 1 aromatic carbocycles. The van der Waals surface area contributed by atoms with Crippen molar-refractivity contribution in [3.8, 4) is 6.07 Å². The van der Waals surface area contributed by atoms with Crippen LogP contribution in [0.2, 0.25) is 0 Å². The zero-order valence-electron chi connectivity index (χ0n) is 14.4. The van der Waals surface area contributed by atoms with Gasteiger partial charge in [-0.3, -0.25) is 4.79 Å². The Morgan fingerprint density at radius 3 is 2.60 bits per heavy atom. The summed E-state index contributed by atoms with van der Waals surface area (Å²) in [4.78, 5) is 16.1. The van der Waals surface area contributed by atoms with Gasteiger partial charge in [-0.2, -0.15) is 5.26 Å². The predicted molar refractivity (Wildman–Crippen MR) is 93.4 cm³/mol. The van der Waals surface area contributed by atoms with Crippen LogP contribution >= 0.6 is 0 Å². The lowest BCUT2D eigenvalue weighted by Crippen LogP contribution is -2.44. The van der Waals surface area contributed by atoms with Crippen LogP contribution in [0, 0.1) is 17.1 Å². The molecule has 0 spiro atoms. The lowest BCUT2D eigenvalue weighted by molar-refractivity contribution is -0.117. The van der Waals surface area contributed by atoms with Crippen LogP contribution < -0.4 is 10.2 Å². The maximum absolute atomic E-state index is 13.0. The van der Waals surface area contributed by atoms with E-state index in [9.17, 15) is 14.4 Å². The molecule has 7 heteroatoms. The molecule has 1 fully saturated rings. The molecule has 1 N–H and O–H groups in total. The Morgan fingerprint density at radius 2 is 2.00 bits per heavy atom. The van der Waals surface area contributed by atoms with Crippen molar-refractivity contribution in [3.63, 3.8) is 0 Å². The molecule has 0 saturated carbocycles. The van der Waals surface area contributed by atoms with Gasteiger partial charge in [0.2, 0.25) is 0 Å². The first-order valence-corrected chi connectivity index (χ1v) is 8.27. The summed E-state index contributed by atoms with van der Waals surface area (Å²) in [5, 5.41) is 11.9. The summed E-state index contributed by atoms with van der Waals surface area (Å²) in [6.07, 6.45) is 2.32. The third kappa shape index (κ3) is 5.76. The summed E-state index contributed by atoms with van der Waals surface area (Å²) >= 11 is 0. The quantitative estimate of drug-likeness (QED) is 0.460. The van der Waals surface area contributed by atoms with Gasteiger partial charge in [-0.05, 0) is 30.7 Å². The molecule has 1 aromatic rings. The van der Waals surface area contributed by atoms with Gasteiger partial charge in [0.25, 0.3) is 5.91 Å². The number of hydrogen-bond acceptors (Lipinski definition) is 5. The van der Waals surface area contributed by atoms with Crippen LogP contribution in [-0.2, 0) is 9.53 Å². The fourth-order valence-corrected chi connectivity index (χ4v) is 2.60. The van der Waals surface area contributed by atoms with Gasteiger partial charge in [-0.15, -0.1) is 0 Å². The molecule has 1 aliphatic heterocycles. The summed E-state index contributed by atoms with van der Waals surface area (Å²) in [5.74, 6) is -0.611. The number of carbonyl (C=O) groups excluding carboxylic acids is 1. The zero-order chi connectivity index (χ0) is 18.1. The average molecular weight is 346 g/mol. The molecule has 0 radical (unpaired) electrons. The number of methoxy groups -OCH3 is 1. The van der Waals surface area contributed by atoms with Crippen LogP contribution in [0.25, 0.3) is 0 Å². The third-order valence-corrected chi connectivity index (χ3v) is 3.99. The minimum absolute atomic E-state index is 0.104. The molecule has 1 saturated heterocycles. The molecule has 134 valence electrons. The molecule has 2 rings (SSSR count). The number of carbonyl (C=O) groups is 1. The molecule has 0 aliphatic carbocycles. The summed E-state index contributed by atoms with van der Waals surface area (Å²) in [6.45, 7) is 3.92. The zero-order valence-corrected chi connectivity index (χ0v) is 14.4. The normalized spacial score (nSPS) is 15.0. The Kier molecular flexibility index (Phi) is 7.23. The number of halogens is 1. The van der Waals surface area contributed by atoms with Crippen molar-refractivity contribution in [1.29, 1.82) is 5.26 Å². The number of piperazine rings is 1. The van der Waals surface area contributed by atoms with E-state index in [4.69, 9.17) is 4.74 Å². The second-order valence-electron chi connectivity index (χ2n) is 5.76. The van der Waals surface area contributed by atoms with Crippen LogP contribution in [0.4, 0.5) is 10.1 Å². The molecule has 1 aliphatic rings. The summed E-state index contributed by atoms with van der Waals surface area (Å²) < 4.78 is 17.9. The Labute approximate surface area is 147 Å². The van der Waals surface area contributed by atoms with E-state index < -0.39 is 0 Å². The lowest BCUT2D eigenvalue weighted by atomic mass is 10.2. The summed E-state index contributed by atoms with van der Waals surface area (Å²) in [6, 6.07) is 8.37. The van der Waals surface area contributed by atoms with E-state index in [1.807, 2.05) is 11.0 Å². The summed E-state index contributed by atoms with van der Waals surface area (Å²) in [5.41, 5.74) is 1.08. The van der Waals surface area contributed by atoms with Gasteiger partial charge in [0.05, 0.1) is 0 Å². The monoisotopic (exact) mass is 346 g/mol. The summed E-state index contributed by atoms with van der Waals surface area (Å²) in [7, 11) is 1.61. The van der Waals surface area contributed by atoms with Crippen molar-refractivity contribution in [2.75, 3.05) is 51.3 Å². The average Bonchev–Trinajstić information content (AvgIpc) is 2.64. The van der Waals surface area contributed by atoms with Crippen molar-refractivity contribution in [1.82, 2.24) is 10.2 Å². The topological polar surface area (TPSA) is 68.6 Å². The number of nitriles is 1. The number of nitrogens with one attached hydrogen (secondary N) is 1. The molecule has 0 unspecified atom stereocenters. The molecule has 1 heterocycles. The molecule has 6 nitrogen and oxygen atoms in total.